The lowest BCUT2D eigenvalue weighted by Crippen LogP contribution is -2.28. The van der Waals surface area contributed by atoms with Crippen molar-refractivity contribution in [2.45, 2.75) is 19.3 Å². The molecule has 0 saturated heterocycles. The van der Waals surface area contributed by atoms with E-state index in [0.29, 0.717) is 12.5 Å². The van der Waals surface area contributed by atoms with Gasteiger partial charge in [-0.1, -0.05) is 24.3 Å². The van der Waals surface area contributed by atoms with Crippen LogP contribution >= 0.6 is 0 Å². The van der Waals surface area contributed by atoms with E-state index in [2.05, 4.69) is 12.2 Å². The Balaban J connectivity index is 1.90. The highest BCUT2D eigenvalue weighted by Gasteiger charge is 2.49. The van der Waals surface area contributed by atoms with Gasteiger partial charge in [-0.25, -0.2) is 0 Å². The van der Waals surface area contributed by atoms with Crippen LogP contribution in [0.4, 0.5) is 5.69 Å². The Bertz CT molecular complexity index is 593. The third kappa shape index (κ3) is 2.33. The fraction of sp³-hybridized carbons (Fsp3) is 0.438. The van der Waals surface area contributed by atoms with Crippen molar-refractivity contribution in [3.05, 3.63) is 52.1 Å². The third-order valence-corrected chi connectivity index (χ3v) is 4.51. The largest absolute Gasteiger partial charge is 0.466 e. The number of esters is 1. The molecule has 4 unspecified atom stereocenters. The van der Waals surface area contributed by atoms with Gasteiger partial charge in [0.2, 0.25) is 0 Å². The van der Waals surface area contributed by atoms with Gasteiger partial charge in [-0.15, -0.1) is 0 Å². The first-order chi connectivity index (χ1) is 10.1. The molecule has 1 fully saturated rings. The number of allylic oxidation sites excluding steroid dienone is 2. The number of nitro benzene ring substituents is 1. The second-order valence-electron chi connectivity index (χ2n) is 5.60. The molecule has 5 nitrogen and oxygen atoms in total. The third-order valence-electron chi connectivity index (χ3n) is 4.51. The highest BCUT2D eigenvalue weighted by molar-refractivity contribution is 5.76. The SMILES string of the molecule is CCOC(=O)C1C2C=CC(C2)C1c1ccc([N+](=O)[O-])cc1. The quantitative estimate of drug-likeness (QED) is 0.369. The normalized spacial score (nSPS) is 29.6. The Morgan fingerprint density at radius 3 is 2.57 bits per heavy atom. The van der Waals surface area contributed by atoms with Gasteiger partial charge in [0.1, 0.15) is 0 Å². The van der Waals surface area contributed by atoms with Crippen LogP contribution in [0.15, 0.2) is 36.4 Å². The zero-order chi connectivity index (χ0) is 15.0. The molecule has 1 aromatic rings. The average Bonchev–Trinajstić information content (AvgIpc) is 3.08. The first kappa shape index (κ1) is 13.8. The lowest BCUT2D eigenvalue weighted by molar-refractivity contribution is -0.384. The summed E-state index contributed by atoms with van der Waals surface area (Å²) in [5, 5.41) is 10.7. The Labute approximate surface area is 122 Å². The van der Waals surface area contributed by atoms with E-state index < -0.39 is 4.92 Å². The summed E-state index contributed by atoms with van der Waals surface area (Å²) >= 11 is 0. The molecule has 0 radical (unpaired) electrons. The molecular weight excluding hydrogens is 270 g/mol. The molecule has 1 aromatic carbocycles. The van der Waals surface area contributed by atoms with E-state index in [4.69, 9.17) is 4.74 Å². The summed E-state index contributed by atoms with van der Waals surface area (Å²) in [6, 6.07) is 6.55. The molecule has 0 spiro atoms. The van der Waals surface area contributed by atoms with Gasteiger partial charge in [-0.3, -0.25) is 14.9 Å². The van der Waals surface area contributed by atoms with Gasteiger partial charge in [0.15, 0.2) is 0 Å². The molecule has 0 heterocycles. The first-order valence-corrected chi connectivity index (χ1v) is 7.21. The van der Waals surface area contributed by atoms with Crippen LogP contribution < -0.4 is 0 Å². The lowest BCUT2D eigenvalue weighted by Gasteiger charge is -2.26. The summed E-state index contributed by atoms with van der Waals surface area (Å²) in [5.74, 6) is 0.305. The molecule has 0 aromatic heterocycles. The van der Waals surface area contributed by atoms with Crippen LogP contribution in [0.3, 0.4) is 0 Å². The number of rotatable bonds is 4. The predicted molar refractivity (Wildman–Crippen MR) is 76.7 cm³/mol. The number of carbonyl (C=O) groups excluding carboxylic acids is 1. The fourth-order valence-corrected chi connectivity index (χ4v) is 3.65. The van der Waals surface area contributed by atoms with Crippen LogP contribution in [0.1, 0.15) is 24.8 Å². The van der Waals surface area contributed by atoms with Crippen LogP contribution in [-0.4, -0.2) is 17.5 Å². The van der Waals surface area contributed by atoms with Gasteiger partial charge in [-0.2, -0.15) is 0 Å². The maximum absolute atomic E-state index is 12.2. The minimum absolute atomic E-state index is 0.0693. The van der Waals surface area contributed by atoms with Gasteiger partial charge in [-0.05, 0) is 30.7 Å². The Kier molecular flexibility index (Phi) is 3.49. The molecule has 1 saturated carbocycles. The molecule has 5 heteroatoms. The minimum Gasteiger partial charge on any atom is -0.466 e. The van der Waals surface area contributed by atoms with Crippen LogP contribution in [0.5, 0.6) is 0 Å². The summed E-state index contributed by atoms with van der Waals surface area (Å²) in [4.78, 5) is 22.6. The van der Waals surface area contributed by atoms with Crippen molar-refractivity contribution < 1.29 is 14.5 Å². The minimum atomic E-state index is -0.409. The van der Waals surface area contributed by atoms with E-state index >= 15 is 0 Å². The molecule has 21 heavy (non-hydrogen) atoms. The molecule has 0 aliphatic heterocycles. The van der Waals surface area contributed by atoms with Crippen molar-refractivity contribution >= 4 is 11.7 Å². The molecule has 0 N–H and O–H groups in total. The van der Waals surface area contributed by atoms with Crippen molar-refractivity contribution in [1.82, 2.24) is 0 Å². The Morgan fingerprint density at radius 2 is 1.95 bits per heavy atom. The van der Waals surface area contributed by atoms with Crippen LogP contribution in [0.25, 0.3) is 0 Å². The van der Waals surface area contributed by atoms with E-state index in [9.17, 15) is 14.9 Å². The summed E-state index contributed by atoms with van der Waals surface area (Å²) in [7, 11) is 0. The molecule has 110 valence electrons. The summed E-state index contributed by atoms with van der Waals surface area (Å²) in [5.41, 5.74) is 1.06. The van der Waals surface area contributed by atoms with Gasteiger partial charge in [0.05, 0.1) is 17.4 Å². The van der Waals surface area contributed by atoms with Crippen molar-refractivity contribution in [3.8, 4) is 0 Å². The lowest BCUT2D eigenvalue weighted by atomic mass is 9.78. The average molecular weight is 287 g/mol. The van der Waals surface area contributed by atoms with E-state index in [-0.39, 0.29) is 29.4 Å². The second-order valence-corrected chi connectivity index (χ2v) is 5.60. The molecule has 3 rings (SSSR count). The van der Waals surface area contributed by atoms with Gasteiger partial charge in [0, 0.05) is 18.1 Å². The van der Waals surface area contributed by atoms with Crippen molar-refractivity contribution in [2.75, 3.05) is 6.61 Å². The first-order valence-electron chi connectivity index (χ1n) is 7.21. The van der Waals surface area contributed by atoms with Crippen LogP contribution in [0.2, 0.25) is 0 Å². The fourth-order valence-electron chi connectivity index (χ4n) is 3.65. The molecule has 2 bridgehead atoms. The zero-order valence-corrected chi connectivity index (χ0v) is 11.8. The molecule has 0 amide bonds. The number of ether oxygens (including phenoxy) is 1. The van der Waals surface area contributed by atoms with E-state index in [1.165, 1.54) is 12.1 Å². The summed E-state index contributed by atoms with van der Waals surface area (Å²) in [6.45, 7) is 2.19. The van der Waals surface area contributed by atoms with E-state index in [1.807, 2.05) is 6.92 Å². The Morgan fingerprint density at radius 1 is 1.29 bits per heavy atom. The number of nitro groups is 1. The Hall–Kier alpha value is -2.17. The predicted octanol–water partition coefficient (Wildman–Crippen LogP) is 3.06. The molecule has 4 atom stereocenters. The van der Waals surface area contributed by atoms with Crippen molar-refractivity contribution in [1.29, 1.82) is 0 Å². The zero-order valence-electron chi connectivity index (χ0n) is 11.8. The molecule has 2 aliphatic rings. The smallest absolute Gasteiger partial charge is 0.310 e. The number of non-ortho nitro benzene ring substituents is 1. The number of nitrogens with zero attached hydrogens (tertiary/aromatic N) is 1. The molecule has 2 aliphatic carbocycles. The summed E-state index contributed by atoms with van der Waals surface area (Å²) in [6.07, 6.45) is 5.23. The maximum Gasteiger partial charge on any atom is 0.310 e. The van der Waals surface area contributed by atoms with E-state index in [1.54, 1.807) is 12.1 Å². The van der Waals surface area contributed by atoms with Gasteiger partial charge >= 0.3 is 5.97 Å². The number of hydrogen-bond acceptors (Lipinski definition) is 4. The standard InChI is InChI=1S/C16H17NO4/c1-2-21-16(18)15-12-4-3-11(9-12)14(15)10-5-7-13(8-6-10)17(19)20/h3-8,11-12,14-15H,2,9H2,1H3. The second kappa shape index (κ2) is 5.31. The van der Waals surface area contributed by atoms with Crippen LogP contribution in [-0.2, 0) is 9.53 Å². The van der Waals surface area contributed by atoms with Crippen LogP contribution in [0, 0.1) is 27.9 Å². The number of carbonyl (C=O) groups is 1. The summed E-state index contributed by atoms with van der Waals surface area (Å²) < 4.78 is 5.21. The number of hydrogen-bond donors (Lipinski definition) is 0. The molecular formula is C16H17NO4. The number of fused-ring (bicyclic) bond motifs is 2. The van der Waals surface area contributed by atoms with E-state index in [0.717, 1.165) is 12.0 Å². The topological polar surface area (TPSA) is 69.4 Å². The number of benzene rings is 1. The van der Waals surface area contributed by atoms with Crippen molar-refractivity contribution in [3.63, 3.8) is 0 Å². The van der Waals surface area contributed by atoms with Crippen molar-refractivity contribution in [2.24, 2.45) is 17.8 Å². The highest BCUT2D eigenvalue weighted by Crippen LogP contribution is 2.53. The maximum atomic E-state index is 12.2. The monoisotopic (exact) mass is 287 g/mol. The highest BCUT2D eigenvalue weighted by atomic mass is 16.6. The van der Waals surface area contributed by atoms with Gasteiger partial charge < -0.3 is 4.74 Å². The van der Waals surface area contributed by atoms with Gasteiger partial charge in [0.25, 0.3) is 5.69 Å².